The minimum absolute atomic E-state index is 0.246. The first-order valence-corrected chi connectivity index (χ1v) is 4.98. The molecule has 0 unspecified atom stereocenters. The van der Waals surface area contributed by atoms with E-state index < -0.39 is 34.5 Å². The molecule has 0 heterocycles. The number of hydrogen-bond donors (Lipinski definition) is 1. The van der Waals surface area contributed by atoms with Crippen molar-refractivity contribution >= 4 is 5.97 Å². The topological polar surface area (TPSA) is 37.3 Å². The van der Waals surface area contributed by atoms with Crippen LogP contribution in [0.2, 0.25) is 0 Å². The molecule has 0 spiro atoms. The summed E-state index contributed by atoms with van der Waals surface area (Å²) >= 11 is 0. The zero-order valence-electron chi connectivity index (χ0n) is 8.95. The van der Waals surface area contributed by atoms with Gasteiger partial charge in [0.2, 0.25) is 0 Å². The fourth-order valence-electron chi connectivity index (χ4n) is 1.62. The van der Waals surface area contributed by atoms with E-state index >= 15 is 0 Å². The van der Waals surface area contributed by atoms with Crippen molar-refractivity contribution in [2.45, 2.75) is 0 Å². The van der Waals surface area contributed by atoms with Gasteiger partial charge in [-0.15, -0.1) is 0 Å². The smallest absolute Gasteiger partial charge is 0.335 e. The molecule has 92 valence electrons. The number of carboxylic acids is 1. The molecule has 1 N–H and O–H groups in total. The van der Waals surface area contributed by atoms with E-state index in [1.165, 1.54) is 18.2 Å². The third kappa shape index (κ3) is 2.07. The molecule has 0 radical (unpaired) electrons. The molecule has 0 fully saturated rings. The van der Waals surface area contributed by atoms with Crippen molar-refractivity contribution in [2.75, 3.05) is 0 Å². The van der Waals surface area contributed by atoms with Crippen molar-refractivity contribution < 1.29 is 23.1 Å². The highest BCUT2D eigenvalue weighted by atomic mass is 19.1. The van der Waals surface area contributed by atoms with E-state index in [1.54, 1.807) is 0 Å². The van der Waals surface area contributed by atoms with Crippen LogP contribution in [0.5, 0.6) is 0 Å². The Morgan fingerprint density at radius 2 is 1.50 bits per heavy atom. The van der Waals surface area contributed by atoms with E-state index in [4.69, 9.17) is 5.11 Å². The summed E-state index contributed by atoms with van der Waals surface area (Å²) in [6.45, 7) is 0. The standard InChI is InChI=1S/C13H7F3O2/c14-9-4-2-1-3-8(9)12-10(15)5-7(13(17)18)6-11(12)16/h1-6H,(H,17,18). The summed E-state index contributed by atoms with van der Waals surface area (Å²) in [6, 6.07) is 6.43. The van der Waals surface area contributed by atoms with Crippen LogP contribution in [0, 0.1) is 17.5 Å². The molecule has 0 amide bonds. The van der Waals surface area contributed by atoms with Crippen LogP contribution in [0.15, 0.2) is 36.4 Å². The van der Waals surface area contributed by atoms with Crippen LogP contribution in [0.3, 0.4) is 0 Å². The fourth-order valence-corrected chi connectivity index (χ4v) is 1.62. The maximum absolute atomic E-state index is 13.7. The third-order valence-corrected chi connectivity index (χ3v) is 2.43. The quantitative estimate of drug-likeness (QED) is 0.888. The van der Waals surface area contributed by atoms with Crippen LogP contribution >= 0.6 is 0 Å². The Bertz CT molecular complexity index is 600. The average molecular weight is 252 g/mol. The van der Waals surface area contributed by atoms with Crippen molar-refractivity contribution in [1.29, 1.82) is 0 Å². The Morgan fingerprint density at radius 1 is 0.944 bits per heavy atom. The average Bonchev–Trinajstić information content (AvgIpc) is 2.30. The maximum atomic E-state index is 13.7. The first kappa shape index (κ1) is 12.2. The lowest BCUT2D eigenvalue weighted by molar-refractivity contribution is 0.0696. The van der Waals surface area contributed by atoms with E-state index in [9.17, 15) is 18.0 Å². The summed E-state index contributed by atoms with van der Waals surface area (Å²) in [6.07, 6.45) is 0. The summed E-state index contributed by atoms with van der Waals surface area (Å²) in [5.41, 5.74) is -1.34. The highest BCUT2D eigenvalue weighted by Crippen LogP contribution is 2.29. The maximum Gasteiger partial charge on any atom is 0.335 e. The van der Waals surface area contributed by atoms with Gasteiger partial charge in [0.05, 0.1) is 11.1 Å². The highest BCUT2D eigenvalue weighted by molar-refractivity contribution is 5.88. The molecule has 0 aliphatic carbocycles. The van der Waals surface area contributed by atoms with Crippen LogP contribution in [0.25, 0.3) is 11.1 Å². The van der Waals surface area contributed by atoms with Gasteiger partial charge in [-0.05, 0) is 18.2 Å². The highest BCUT2D eigenvalue weighted by Gasteiger charge is 2.18. The van der Waals surface area contributed by atoms with Crippen LogP contribution in [0.4, 0.5) is 13.2 Å². The number of carbonyl (C=O) groups is 1. The van der Waals surface area contributed by atoms with Gasteiger partial charge in [-0.3, -0.25) is 0 Å². The van der Waals surface area contributed by atoms with Gasteiger partial charge in [-0.2, -0.15) is 0 Å². The number of carboxylic acid groups (broad SMARTS) is 1. The van der Waals surface area contributed by atoms with E-state index in [0.29, 0.717) is 12.1 Å². The molecule has 0 atom stereocenters. The first-order chi connectivity index (χ1) is 8.50. The molecule has 0 saturated carbocycles. The van der Waals surface area contributed by atoms with Crippen molar-refractivity contribution in [3.05, 3.63) is 59.4 Å². The Kier molecular flexibility index (Phi) is 3.06. The van der Waals surface area contributed by atoms with Crippen LogP contribution in [-0.4, -0.2) is 11.1 Å². The molecular formula is C13H7F3O2. The van der Waals surface area contributed by atoms with E-state index in [2.05, 4.69) is 0 Å². The lowest BCUT2D eigenvalue weighted by atomic mass is 10.0. The van der Waals surface area contributed by atoms with Gasteiger partial charge in [0, 0.05) is 5.56 Å². The second-order valence-electron chi connectivity index (χ2n) is 3.60. The SMILES string of the molecule is O=C(O)c1cc(F)c(-c2ccccc2F)c(F)c1. The van der Waals surface area contributed by atoms with Crippen LogP contribution < -0.4 is 0 Å². The molecule has 0 aromatic heterocycles. The van der Waals surface area contributed by atoms with Crippen LogP contribution in [-0.2, 0) is 0 Å². The first-order valence-electron chi connectivity index (χ1n) is 4.98. The van der Waals surface area contributed by atoms with Gasteiger partial charge >= 0.3 is 5.97 Å². The molecule has 5 heteroatoms. The van der Waals surface area contributed by atoms with Gasteiger partial charge in [0.15, 0.2) is 0 Å². The number of halogens is 3. The van der Waals surface area contributed by atoms with Gasteiger partial charge in [-0.1, -0.05) is 18.2 Å². The van der Waals surface area contributed by atoms with Crippen molar-refractivity contribution in [1.82, 2.24) is 0 Å². The summed E-state index contributed by atoms with van der Waals surface area (Å²) in [5, 5.41) is 8.64. The molecule has 18 heavy (non-hydrogen) atoms. The zero-order chi connectivity index (χ0) is 13.3. The van der Waals surface area contributed by atoms with Gasteiger partial charge in [-0.25, -0.2) is 18.0 Å². The minimum Gasteiger partial charge on any atom is -0.478 e. The summed E-state index contributed by atoms with van der Waals surface area (Å²) in [5.74, 6) is -4.46. The molecule has 0 saturated heterocycles. The zero-order valence-corrected chi connectivity index (χ0v) is 8.95. The molecule has 0 bridgehead atoms. The molecular weight excluding hydrogens is 245 g/mol. The van der Waals surface area contributed by atoms with Crippen molar-refractivity contribution in [3.63, 3.8) is 0 Å². The van der Waals surface area contributed by atoms with Crippen LogP contribution in [0.1, 0.15) is 10.4 Å². The second kappa shape index (κ2) is 4.52. The molecule has 0 aliphatic rings. The predicted octanol–water partition coefficient (Wildman–Crippen LogP) is 3.47. The number of rotatable bonds is 2. The monoisotopic (exact) mass is 252 g/mol. The number of hydrogen-bond acceptors (Lipinski definition) is 1. The van der Waals surface area contributed by atoms with E-state index in [1.807, 2.05) is 0 Å². The van der Waals surface area contributed by atoms with E-state index in [0.717, 1.165) is 6.07 Å². The largest absolute Gasteiger partial charge is 0.478 e. The Hall–Kier alpha value is -2.30. The molecule has 2 aromatic carbocycles. The fraction of sp³-hybridized carbons (Fsp3) is 0. The Balaban J connectivity index is 2.67. The van der Waals surface area contributed by atoms with E-state index in [-0.39, 0.29) is 5.56 Å². The second-order valence-corrected chi connectivity index (χ2v) is 3.60. The predicted molar refractivity (Wildman–Crippen MR) is 58.7 cm³/mol. The number of benzene rings is 2. The molecule has 2 nitrogen and oxygen atoms in total. The summed E-state index contributed by atoms with van der Waals surface area (Å²) in [7, 11) is 0. The normalized spacial score (nSPS) is 10.4. The van der Waals surface area contributed by atoms with Gasteiger partial charge in [0.1, 0.15) is 17.5 Å². The Labute approximate surface area is 100 Å². The van der Waals surface area contributed by atoms with Gasteiger partial charge < -0.3 is 5.11 Å². The number of aromatic carboxylic acids is 1. The lowest BCUT2D eigenvalue weighted by Crippen LogP contribution is -2.01. The minimum atomic E-state index is -1.45. The van der Waals surface area contributed by atoms with Crippen molar-refractivity contribution in [2.24, 2.45) is 0 Å². The van der Waals surface area contributed by atoms with Gasteiger partial charge in [0.25, 0.3) is 0 Å². The van der Waals surface area contributed by atoms with Crippen molar-refractivity contribution in [3.8, 4) is 11.1 Å². The Morgan fingerprint density at radius 3 is 2.00 bits per heavy atom. The molecule has 2 rings (SSSR count). The summed E-state index contributed by atoms with van der Waals surface area (Å²) in [4.78, 5) is 10.6. The third-order valence-electron chi connectivity index (χ3n) is 2.43. The lowest BCUT2D eigenvalue weighted by Gasteiger charge is -2.07. The molecule has 2 aromatic rings. The molecule has 0 aliphatic heterocycles. The summed E-state index contributed by atoms with van der Waals surface area (Å²) < 4.78 is 40.8.